The zero-order chi connectivity index (χ0) is 13.7. The Labute approximate surface area is 116 Å². The minimum atomic E-state index is -0.143. The third kappa shape index (κ3) is 3.42. The number of amides is 1. The van der Waals surface area contributed by atoms with Crippen LogP contribution in [0, 0.1) is 0 Å². The van der Waals surface area contributed by atoms with Gasteiger partial charge in [0, 0.05) is 24.2 Å². The lowest BCUT2D eigenvalue weighted by Gasteiger charge is -2.14. The summed E-state index contributed by atoms with van der Waals surface area (Å²) in [6.45, 7) is 3.25. The zero-order valence-corrected chi connectivity index (χ0v) is 11.7. The van der Waals surface area contributed by atoms with Gasteiger partial charge in [-0.25, -0.2) is 4.98 Å². The Morgan fingerprint density at radius 2 is 2.47 bits per heavy atom. The highest BCUT2D eigenvalue weighted by atomic mass is 32.1. The Kier molecular flexibility index (Phi) is 4.70. The van der Waals surface area contributed by atoms with Gasteiger partial charge in [-0.1, -0.05) is 13.0 Å². The van der Waals surface area contributed by atoms with Crippen LogP contribution in [0.15, 0.2) is 30.0 Å². The summed E-state index contributed by atoms with van der Waals surface area (Å²) in [7, 11) is 0. The molecule has 6 heteroatoms. The molecule has 102 valence electrons. The topological polar surface area (TPSA) is 72.9 Å². The number of nitrogens with one attached hydrogen (secondary N) is 1. The number of hydrogen-bond donors (Lipinski definition) is 2. The maximum atomic E-state index is 12.1. The second kappa shape index (κ2) is 6.49. The summed E-state index contributed by atoms with van der Waals surface area (Å²) in [5.74, 6) is -0.143. The lowest BCUT2D eigenvalue weighted by atomic mass is 10.2. The third-order valence-electron chi connectivity index (χ3n) is 2.85. The summed E-state index contributed by atoms with van der Waals surface area (Å²) < 4.78 is 1.82. The SMILES string of the molecule is CCC(NC(=O)c1cn(CCN)cn1)c1cccs1. The van der Waals surface area contributed by atoms with E-state index in [4.69, 9.17) is 5.73 Å². The minimum Gasteiger partial charge on any atom is -0.343 e. The van der Waals surface area contributed by atoms with Gasteiger partial charge in [-0.2, -0.15) is 0 Å². The largest absolute Gasteiger partial charge is 0.343 e. The molecule has 0 aromatic carbocycles. The number of hydrogen-bond acceptors (Lipinski definition) is 4. The molecule has 1 atom stereocenters. The molecule has 2 aromatic heterocycles. The molecule has 0 aliphatic rings. The average Bonchev–Trinajstić information content (AvgIpc) is 3.07. The number of aromatic nitrogens is 2. The standard InChI is InChI=1S/C13H18N4OS/c1-2-10(12-4-3-7-19-12)16-13(18)11-8-17(6-5-14)9-15-11/h3-4,7-10H,2,5-6,14H2,1H3,(H,16,18). The van der Waals surface area contributed by atoms with Gasteiger partial charge >= 0.3 is 0 Å². The van der Waals surface area contributed by atoms with Gasteiger partial charge in [0.1, 0.15) is 5.69 Å². The van der Waals surface area contributed by atoms with Crippen molar-refractivity contribution in [3.63, 3.8) is 0 Å². The fourth-order valence-corrected chi connectivity index (χ4v) is 2.71. The number of thiophene rings is 1. The van der Waals surface area contributed by atoms with Crippen molar-refractivity contribution in [1.82, 2.24) is 14.9 Å². The van der Waals surface area contributed by atoms with E-state index in [9.17, 15) is 4.79 Å². The summed E-state index contributed by atoms with van der Waals surface area (Å²) in [5.41, 5.74) is 5.90. The number of carbonyl (C=O) groups excluding carboxylic acids is 1. The van der Waals surface area contributed by atoms with Crippen LogP contribution in [0.4, 0.5) is 0 Å². The summed E-state index contributed by atoms with van der Waals surface area (Å²) in [5, 5.41) is 5.02. The van der Waals surface area contributed by atoms with E-state index >= 15 is 0 Å². The second-order valence-electron chi connectivity index (χ2n) is 4.24. The van der Waals surface area contributed by atoms with E-state index in [0.29, 0.717) is 18.8 Å². The van der Waals surface area contributed by atoms with Crippen LogP contribution in [-0.4, -0.2) is 22.0 Å². The molecule has 2 heterocycles. The summed E-state index contributed by atoms with van der Waals surface area (Å²) in [6.07, 6.45) is 4.22. The molecule has 0 saturated carbocycles. The average molecular weight is 278 g/mol. The van der Waals surface area contributed by atoms with Crippen molar-refractivity contribution in [2.24, 2.45) is 5.73 Å². The lowest BCUT2D eigenvalue weighted by molar-refractivity contribution is 0.0931. The number of carbonyl (C=O) groups is 1. The molecule has 1 unspecified atom stereocenters. The predicted octanol–water partition coefficient (Wildman–Crippen LogP) is 1.78. The van der Waals surface area contributed by atoms with Crippen molar-refractivity contribution < 1.29 is 4.79 Å². The molecular formula is C13H18N4OS. The molecule has 0 aliphatic heterocycles. The van der Waals surface area contributed by atoms with Crippen molar-refractivity contribution in [3.05, 3.63) is 40.6 Å². The lowest BCUT2D eigenvalue weighted by Crippen LogP contribution is -2.27. The number of imidazole rings is 1. The fraction of sp³-hybridized carbons (Fsp3) is 0.385. The molecule has 0 saturated heterocycles. The van der Waals surface area contributed by atoms with Crippen LogP contribution in [0.25, 0.3) is 0 Å². The van der Waals surface area contributed by atoms with Crippen LogP contribution in [0.5, 0.6) is 0 Å². The molecule has 0 bridgehead atoms. The van der Waals surface area contributed by atoms with Gasteiger partial charge < -0.3 is 15.6 Å². The molecule has 1 amide bonds. The maximum absolute atomic E-state index is 12.1. The molecule has 3 N–H and O–H groups in total. The van der Waals surface area contributed by atoms with E-state index in [1.807, 2.05) is 22.1 Å². The van der Waals surface area contributed by atoms with Crippen LogP contribution in [0.3, 0.4) is 0 Å². The smallest absolute Gasteiger partial charge is 0.271 e. The van der Waals surface area contributed by atoms with Gasteiger partial charge in [-0.3, -0.25) is 4.79 Å². The molecule has 19 heavy (non-hydrogen) atoms. The van der Waals surface area contributed by atoms with Crippen molar-refractivity contribution in [2.75, 3.05) is 6.54 Å². The van der Waals surface area contributed by atoms with Crippen molar-refractivity contribution >= 4 is 17.2 Å². The van der Waals surface area contributed by atoms with Crippen LogP contribution in [0.2, 0.25) is 0 Å². The summed E-state index contributed by atoms with van der Waals surface area (Å²) in [6, 6.07) is 4.07. The van der Waals surface area contributed by atoms with E-state index in [-0.39, 0.29) is 11.9 Å². The molecule has 0 aliphatic carbocycles. The molecule has 2 rings (SSSR count). The molecule has 2 aromatic rings. The van der Waals surface area contributed by atoms with Gasteiger partial charge in [0.2, 0.25) is 0 Å². The zero-order valence-electron chi connectivity index (χ0n) is 10.9. The number of rotatable bonds is 6. The first-order chi connectivity index (χ1) is 9.24. The highest BCUT2D eigenvalue weighted by Gasteiger charge is 2.16. The molecule has 0 spiro atoms. The van der Waals surface area contributed by atoms with Crippen molar-refractivity contribution in [2.45, 2.75) is 25.9 Å². The Bertz CT molecular complexity index is 520. The molecule has 5 nitrogen and oxygen atoms in total. The van der Waals surface area contributed by atoms with Gasteiger partial charge in [-0.15, -0.1) is 11.3 Å². The number of nitrogens with zero attached hydrogens (tertiary/aromatic N) is 2. The first-order valence-corrected chi connectivity index (χ1v) is 7.18. The van der Waals surface area contributed by atoms with Gasteiger partial charge in [0.05, 0.1) is 12.4 Å². The van der Waals surface area contributed by atoms with E-state index in [1.165, 1.54) is 0 Å². The minimum absolute atomic E-state index is 0.0483. The monoisotopic (exact) mass is 278 g/mol. The van der Waals surface area contributed by atoms with Gasteiger partial charge in [0.25, 0.3) is 5.91 Å². The first-order valence-electron chi connectivity index (χ1n) is 6.30. The molecule has 0 fully saturated rings. The first kappa shape index (κ1) is 13.8. The Balaban J connectivity index is 2.02. The van der Waals surface area contributed by atoms with Gasteiger partial charge in [-0.05, 0) is 17.9 Å². The fourth-order valence-electron chi connectivity index (χ4n) is 1.84. The van der Waals surface area contributed by atoms with E-state index < -0.39 is 0 Å². The quantitative estimate of drug-likeness (QED) is 0.846. The number of nitrogens with two attached hydrogens (primary N) is 1. The van der Waals surface area contributed by atoms with Crippen LogP contribution < -0.4 is 11.1 Å². The third-order valence-corrected chi connectivity index (χ3v) is 3.84. The van der Waals surface area contributed by atoms with Crippen LogP contribution in [-0.2, 0) is 6.54 Å². The Hall–Kier alpha value is -1.66. The van der Waals surface area contributed by atoms with Crippen molar-refractivity contribution in [3.8, 4) is 0 Å². The van der Waals surface area contributed by atoms with E-state index in [1.54, 1.807) is 23.9 Å². The van der Waals surface area contributed by atoms with E-state index in [2.05, 4.69) is 17.2 Å². The normalized spacial score (nSPS) is 12.3. The molecular weight excluding hydrogens is 260 g/mol. The van der Waals surface area contributed by atoms with E-state index in [0.717, 1.165) is 11.3 Å². The second-order valence-corrected chi connectivity index (χ2v) is 5.21. The van der Waals surface area contributed by atoms with Crippen molar-refractivity contribution in [1.29, 1.82) is 0 Å². The Morgan fingerprint density at radius 1 is 1.63 bits per heavy atom. The van der Waals surface area contributed by atoms with Crippen LogP contribution >= 0.6 is 11.3 Å². The highest BCUT2D eigenvalue weighted by molar-refractivity contribution is 7.10. The van der Waals surface area contributed by atoms with Gasteiger partial charge in [0.15, 0.2) is 0 Å². The summed E-state index contributed by atoms with van der Waals surface area (Å²) >= 11 is 1.65. The predicted molar refractivity (Wildman–Crippen MR) is 76.1 cm³/mol. The maximum Gasteiger partial charge on any atom is 0.271 e. The Morgan fingerprint density at radius 3 is 3.11 bits per heavy atom. The molecule has 0 radical (unpaired) electrons. The summed E-state index contributed by atoms with van der Waals surface area (Å²) in [4.78, 5) is 17.4. The van der Waals surface area contributed by atoms with Crippen LogP contribution in [0.1, 0.15) is 34.8 Å². The highest BCUT2D eigenvalue weighted by Crippen LogP contribution is 2.21.